The van der Waals surface area contributed by atoms with Crippen molar-refractivity contribution in [3.05, 3.63) is 39.5 Å². The number of carbonyl (C=O) groups excluding carboxylic acids is 2. The lowest BCUT2D eigenvalue weighted by Gasteiger charge is -2.21. The van der Waals surface area contributed by atoms with Gasteiger partial charge in [0.15, 0.2) is 0 Å². The normalized spacial score (nSPS) is 13.3. The van der Waals surface area contributed by atoms with Gasteiger partial charge in [-0.2, -0.15) is 0 Å². The summed E-state index contributed by atoms with van der Waals surface area (Å²) < 4.78 is 9.39. The molecular weight excluding hydrogens is 410 g/mol. The maximum absolute atomic E-state index is 11.5. The van der Waals surface area contributed by atoms with E-state index in [4.69, 9.17) is 4.74 Å². The molecular formula is C20H27N3O4S2. The lowest BCUT2D eigenvalue weighted by molar-refractivity contribution is -0.140. The Morgan fingerprint density at radius 2 is 1.86 bits per heavy atom. The molecule has 1 aromatic carbocycles. The molecule has 0 saturated carbocycles. The zero-order valence-electron chi connectivity index (χ0n) is 17.3. The van der Waals surface area contributed by atoms with Crippen LogP contribution in [0.25, 0.3) is 0 Å². The summed E-state index contributed by atoms with van der Waals surface area (Å²) in [4.78, 5) is 25.0. The molecule has 3 N–H and O–H groups in total. The third kappa shape index (κ3) is 6.64. The summed E-state index contributed by atoms with van der Waals surface area (Å²) in [5.41, 5.74) is 3.31. The maximum Gasteiger partial charge on any atom is 0.325 e. The van der Waals surface area contributed by atoms with Gasteiger partial charge in [-0.25, -0.2) is 0 Å². The highest BCUT2D eigenvalue weighted by Crippen LogP contribution is 2.41. The SMILES string of the molecule is CCC(C)=C(NCC(=O)OC)Sc1cc2c(cc1C)NC=C(NCC(=O)OC)S2. The van der Waals surface area contributed by atoms with E-state index in [2.05, 4.69) is 46.7 Å². The minimum Gasteiger partial charge on any atom is -0.468 e. The van der Waals surface area contributed by atoms with Gasteiger partial charge in [-0.1, -0.05) is 30.4 Å². The predicted octanol–water partition coefficient (Wildman–Crippen LogP) is 3.57. The molecule has 1 aliphatic rings. The Bertz CT molecular complexity index is 837. The molecule has 0 aliphatic carbocycles. The smallest absolute Gasteiger partial charge is 0.325 e. The molecule has 158 valence electrons. The summed E-state index contributed by atoms with van der Waals surface area (Å²) in [5.74, 6) is -0.626. The van der Waals surface area contributed by atoms with E-state index in [1.165, 1.54) is 19.8 Å². The van der Waals surface area contributed by atoms with Crippen LogP contribution in [-0.2, 0) is 19.1 Å². The van der Waals surface area contributed by atoms with Crippen LogP contribution in [0.2, 0.25) is 0 Å². The van der Waals surface area contributed by atoms with Crippen LogP contribution < -0.4 is 16.0 Å². The number of methoxy groups -OCH3 is 2. The van der Waals surface area contributed by atoms with Crippen LogP contribution in [0.15, 0.2) is 43.8 Å². The first-order valence-electron chi connectivity index (χ1n) is 9.16. The number of hydrogen-bond acceptors (Lipinski definition) is 9. The van der Waals surface area contributed by atoms with E-state index in [0.29, 0.717) is 0 Å². The zero-order chi connectivity index (χ0) is 21.4. The fourth-order valence-electron chi connectivity index (χ4n) is 2.36. The summed E-state index contributed by atoms with van der Waals surface area (Å²) in [7, 11) is 2.74. The molecule has 0 radical (unpaired) electrons. The molecule has 0 spiro atoms. The average Bonchev–Trinajstić information content (AvgIpc) is 2.74. The van der Waals surface area contributed by atoms with Gasteiger partial charge in [0.2, 0.25) is 0 Å². The van der Waals surface area contributed by atoms with Gasteiger partial charge in [-0.05, 0) is 43.5 Å². The van der Waals surface area contributed by atoms with Crippen LogP contribution in [0.1, 0.15) is 25.8 Å². The second-order valence-electron chi connectivity index (χ2n) is 6.29. The number of nitrogens with one attached hydrogen (secondary N) is 3. The second-order valence-corrected chi connectivity index (χ2v) is 8.43. The van der Waals surface area contributed by atoms with Crippen LogP contribution >= 0.6 is 23.5 Å². The van der Waals surface area contributed by atoms with Crippen molar-refractivity contribution in [1.29, 1.82) is 0 Å². The summed E-state index contributed by atoms with van der Waals surface area (Å²) >= 11 is 3.15. The van der Waals surface area contributed by atoms with Crippen molar-refractivity contribution in [2.45, 2.75) is 37.0 Å². The molecule has 0 aromatic heterocycles. The number of hydrogen-bond donors (Lipinski definition) is 3. The minimum absolute atomic E-state index is 0.111. The highest BCUT2D eigenvalue weighted by Gasteiger charge is 2.17. The topological polar surface area (TPSA) is 88.7 Å². The third-order valence-electron chi connectivity index (χ3n) is 4.24. The number of ether oxygens (including phenoxy) is 2. The van der Waals surface area contributed by atoms with Crippen molar-refractivity contribution in [1.82, 2.24) is 10.6 Å². The summed E-state index contributed by atoms with van der Waals surface area (Å²) in [6.45, 7) is 6.43. The number of rotatable bonds is 9. The standard InChI is InChI=1S/C20H27N3O4S2/c1-6-12(2)20(23-11-19(25)27-5)29-15-8-16-14(7-13(15)3)21-9-17(28-16)22-10-18(24)26-4/h7-9,21-23H,6,10-11H2,1-5H3. The van der Waals surface area contributed by atoms with Crippen molar-refractivity contribution in [3.63, 3.8) is 0 Å². The Labute approximate surface area is 180 Å². The van der Waals surface area contributed by atoms with Gasteiger partial charge in [0, 0.05) is 16.0 Å². The number of allylic oxidation sites excluding steroid dienone is 1. The van der Waals surface area contributed by atoms with Crippen molar-refractivity contribution >= 4 is 41.1 Å². The van der Waals surface area contributed by atoms with Crippen LogP contribution in [0, 0.1) is 6.92 Å². The van der Waals surface area contributed by atoms with E-state index < -0.39 is 0 Å². The predicted molar refractivity (Wildman–Crippen MR) is 118 cm³/mol. The van der Waals surface area contributed by atoms with E-state index >= 15 is 0 Å². The van der Waals surface area contributed by atoms with Gasteiger partial charge in [0.25, 0.3) is 0 Å². The van der Waals surface area contributed by atoms with Gasteiger partial charge in [-0.15, -0.1) is 0 Å². The number of benzene rings is 1. The fourth-order valence-corrected chi connectivity index (χ4v) is 4.41. The van der Waals surface area contributed by atoms with Gasteiger partial charge in [-0.3, -0.25) is 9.59 Å². The average molecular weight is 438 g/mol. The molecule has 7 nitrogen and oxygen atoms in total. The van der Waals surface area contributed by atoms with Gasteiger partial charge >= 0.3 is 11.9 Å². The Balaban J connectivity index is 2.16. The first kappa shape index (κ1) is 23.0. The van der Waals surface area contributed by atoms with Gasteiger partial charge in [0.05, 0.1) is 30.0 Å². The Morgan fingerprint density at radius 3 is 2.52 bits per heavy atom. The molecule has 2 rings (SSSR count). The lowest BCUT2D eigenvalue weighted by atomic mass is 10.2. The van der Waals surface area contributed by atoms with E-state index in [1.807, 2.05) is 13.1 Å². The highest BCUT2D eigenvalue weighted by atomic mass is 32.2. The molecule has 1 aliphatic heterocycles. The molecule has 0 fully saturated rings. The summed E-state index contributed by atoms with van der Waals surface area (Å²) in [6.07, 6.45) is 2.72. The van der Waals surface area contributed by atoms with E-state index in [9.17, 15) is 9.59 Å². The van der Waals surface area contributed by atoms with Crippen LogP contribution in [0.5, 0.6) is 0 Å². The van der Waals surface area contributed by atoms with E-state index in [0.717, 1.165) is 37.5 Å². The fraction of sp³-hybridized carbons (Fsp3) is 0.400. The van der Waals surface area contributed by atoms with Crippen LogP contribution in [0.4, 0.5) is 5.69 Å². The Kier molecular flexibility index (Phi) is 8.78. The molecule has 0 atom stereocenters. The highest BCUT2D eigenvalue weighted by molar-refractivity contribution is 8.04. The molecule has 1 aromatic rings. The first-order valence-corrected chi connectivity index (χ1v) is 10.8. The zero-order valence-corrected chi connectivity index (χ0v) is 18.9. The van der Waals surface area contributed by atoms with E-state index in [1.54, 1.807) is 23.5 Å². The molecule has 0 saturated heterocycles. The number of anilines is 1. The lowest BCUT2D eigenvalue weighted by Crippen LogP contribution is -2.23. The third-order valence-corrected chi connectivity index (χ3v) is 6.64. The van der Waals surface area contributed by atoms with E-state index in [-0.39, 0.29) is 25.0 Å². The van der Waals surface area contributed by atoms with Crippen molar-refractivity contribution in [2.24, 2.45) is 0 Å². The van der Waals surface area contributed by atoms with Crippen LogP contribution in [-0.4, -0.2) is 39.2 Å². The number of fused-ring (bicyclic) bond motifs is 1. The molecule has 0 unspecified atom stereocenters. The summed E-state index contributed by atoms with van der Waals surface area (Å²) in [6, 6.07) is 4.21. The van der Waals surface area contributed by atoms with Crippen molar-refractivity contribution < 1.29 is 19.1 Å². The largest absolute Gasteiger partial charge is 0.468 e. The maximum atomic E-state index is 11.5. The van der Waals surface area contributed by atoms with Crippen LogP contribution in [0.3, 0.4) is 0 Å². The number of carbonyl (C=O) groups is 2. The Morgan fingerprint density at radius 1 is 1.17 bits per heavy atom. The van der Waals surface area contributed by atoms with Crippen molar-refractivity contribution in [3.8, 4) is 0 Å². The molecule has 9 heteroatoms. The monoisotopic (exact) mass is 437 g/mol. The summed E-state index contributed by atoms with van der Waals surface area (Å²) in [5, 5.41) is 11.3. The number of thioether (sulfide) groups is 2. The number of esters is 2. The molecule has 29 heavy (non-hydrogen) atoms. The molecule has 0 bridgehead atoms. The minimum atomic E-state index is -0.320. The first-order chi connectivity index (χ1) is 13.9. The number of aryl methyl sites for hydroxylation is 1. The molecule has 1 heterocycles. The second kappa shape index (κ2) is 11.1. The quantitative estimate of drug-likeness (QED) is 0.396. The molecule has 0 amide bonds. The van der Waals surface area contributed by atoms with Gasteiger partial charge in [0.1, 0.15) is 13.1 Å². The van der Waals surface area contributed by atoms with Gasteiger partial charge < -0.3 is 25.4 Å². The Hall–Kier alpha value is -2.26. The van der Waals surface area contributed by atoms with Crippen molar-refractivity contribution in [2.75, 3.05) is 32.6 Å².